The van der Waals surface area contributed by atoms with Crippen LogP contribution in [0.5, 0.6) is 0 Å². The van der Waals surface area contributed by atoms with Crippen LogP contribution < -0.4 is 0 Å². The second-order valence-electron chi connectivity index (χ2n) is 5.64. The van der Waals surface area contributed by atoms with Gasteiger partial charge in [0.1, 0.15) is 0 Å². The van der Waals surface area contributed by atoms with Crippen molar-refractivity contribution in [1.29, 1.82) is 0 Å². The Bertz CT molecular complexity index is 199. The normalized spacial score (nSPS) is 12.8. The summed E-state index contributed by atoms with van der Waals surface area (Å²) in [6.45, 7) is 18.5. The SMILES string of the molecule is C=CC(=O)C(CC)C(C)(C)CC.CC(C)C. The predicted octanol–water partition coefficient (Wildman–Crippen LogP) is 4.87. The fourth-order valence-electron chi connectivity index (χ4n) is 1.53. The second-order valence-corrected chi connectivity index (χ2v) is 5.64. The Morgan fingerprint density at radius 2 is 1.62 bits per heavy atom. The molecule has 0 aliphatic heterocycles. The van der Waals surface area contributed by atoms with Gasteiger partial charge in [0.05, 0.1) is 0 Å². The highest BCUT2D eigenvalue weighted by Crippen LogP contribution is 2.33. The van der Waals surface area contributed by atoms with Gasteiger partial charge in [0.15, 0.2) is 5.78 Å². The fraction of sp³-hybridized carbons (Fsp3) is 0.800. The summed E-state index contributed by atoms with van der Waals surface area (Å²) in [5.74, 6) is 1.16. The Kier molecular flexibility index (Phi) is 9.51. The summed E-state index contributed by atoms with van der Waals surface area (Å²) in [5, 5.41) is 0. The van der Waals surface area contributed by atoms with Gasteiger partial charge in [0.2, 0.25) is 0 Å². The van der Waals surface area contributed by atoms with Crippen molar-refractivity contribution in [2.24, 2.45) is 17.3 Å². The van der Waals surface area contributed by atoms with Crippen molar-refractivity contribution in [3.8, 4) is 0 Å². The summed E-state index contributed by atoms with van der Waals surface area (Å²) < 4.78 is 0. The van der Waals surface area contributed by atoms with Gasteiger partial charge in [-0.25, -0.2) is 0 Å². The molecule has 0 radical (unpaired) electrons. The second kappa shape index (κ2) is 8.55. The lowest BCUT2D eigenvalue weighted by atomic mass is 9.73. The molecule has 1 atom stereocenters. The highest BCUT2D eigenvalue weighted by molar-refractivity contribution is 5.91. The zero-order valence-corrected chi connectivity index (χ0v) is 12.3. The van der Waals surface area contributed by atoms with E-state index in [0.29, 0.717) is 0 Å². The van der Waals surface area contributed by atoms with Crippen LogP contribution in [0.4, 0.5) is 0 Å². The van der Waals surface area contributed by atoms with E-state index in [2.05, 4.69) is 55.0 Å². The van der Waals surface area contributed by atoms with Crippen LogP contribution >= 0.6 is 0 Å². The van der Waals surface area contributed by atoms with E-state index in [0.717, 1.165) is 18.8 Å². The molecule has 0 aromatic rings. The topological polar surface area (TPSA) is 17.1 Å². The maximum Gasteiger partial charge on any atom is 0.158 e. The van der Waals surface area contributed by atoms with Gasteiger partial charge in [-0.05, 0) is 23.8 Å². The van der Waals surface area contributed by atoms with E-state index in [4.69, 9.17) is 0 Å². The number of ketones is 1. The Balaban J connectivity index is 0. The molecule has 0 saturated heterocycles. The molecule has 0 spiro atoms. The Labute approximate surface area is 102 Å². The van der Waals surface area contributed by atoms with Gasteiger partial charge >= 0.3 is 0 Å². The molecule has 96 valence electrons. The third-order valence-electron chi connectivity index (χ3n) is 2.81. The first-order valence-electron chi connectivity index (χ1n) is 6.39. The summed E-state index contributed by atoms with van der Waals surface area (Å²) in [6, 6.07) is 0. The third kappa shape index (κ3) is 7.67. The first-order chi connectivity index (χ1) is 7.22. The molecule has 0 fully saturated rings. The molecule has 0 amide bonds. The average Bonchev–Trinajstić information content (AvgIpc) is 2.17. The molecule has 0 aliphatic rings. The molecule has 1 unspecified atom stereocenters. The molecule has 16 heavy (non-hydrogen) atoms. The molecule has 0 aliphatic carbocycles. The Morgan fingerprint density at radius 1 is 1.25 bits per heavy atom. The maximum absolute atomic E-state index is 11.4. The van der Waals surface area contributed by atoms with Crippen LogP contribution in [-0.4, -0.2) is 5.78 Å². The molecule has 1 nitrogen and oxygen atoms in total. The van der Waals surface area contributed by atoms with Crippen LogP contribution in [0.1, 0.15) is 61.3 Å². The van der Waals surface area contributed by atoms with Crippen molar-refractivity contribution in [1.82, 2.24) is 0 Å². The number of hydrogen-bond donors (Lipinski definition) is 0. The Morgan fingerprint density at radius 3 is 1.81 bits per heavy atom. The summed E-state index contributed by atoms with van der Waals surface area (Å²) >= 11 is 0. The van der Waals surface area contributed by atoms with E-state index in [9.17, 15) is 4.79 Å². The summed E-state index contributed by atoms with van der Waals surface area (Å²) in [6.07, 6.45) is 3.39. The van der Waals surface area contributed by atoms with Gasteiger partial charge in [-0.15, -0.1) is 0 Å². The highest BCUT2D eigenvalue weighted by Gasteiger charge is 2.30. The van der Waals surface area contributed by atoms with Crippen molar-refractivity contribution >= 4 is 5.78 Å². The maximum atomic E-state index is 11.4. The van der Waals surface area contributed by atoms with Crippen LogP contribution in [0.2, 0.25) is 0 Å². The highest BCUT2D eigenvalue weighted by atomic mass is 16.1. The van der Waals surface area contributed by atoms with Gasteiger partial charge in [0.25, 0.3) is 0 Å². The van der Waals surface area contributed by atoms with E-state index in [1.165, 1.54) is 6.08 Å². The fourth-order valence-corrected chi connectivity index (χ4v) is 1.53. The van der Waals surface area contributed by atoms with E-state index >= 15 is 0 Å². The third-order valence-corrected chi connectivity index (χ3v) is 2.81. The van der Waals surface area contributed by atoms with Crippen molar-refractivity contribution in [3.05, 3.63) is 12.7 Å². The zero-order valence-electron chi connectivity index (χ0n) is 12.3. The number of hydrogen-bond acceptors (Lipinski definition) is 1. The molecule has 0 bridgehead atoms. The zero-order chi connectivity index (χ0) is 13.4. The van der Waals surface area contributed by atoms with Crippen molar-refractivity contribution in [2.75, 3.05) is 0 Å². The number of rotatable bonds is 5. The molecule has 0 aromatic carbocycles. The summed E-state index contributed by atoms with van der Waals surface area (Å²) in [5.41, 5.74) is 0.111. The largest absolute Gasteiger partial charge is 0.295 e. The molecular weight excluding hydrogens is 196 g/mol. The van der Waals surface area contributed by atoms with Crippen molar-refractivity contribution < 1.29 is 4.79 Å². The van der Waals surface area contributed by atoms with E-state index < -0.39 is 0 Å². The molecule has 0 heterocycles. The van der Waals surface area contributed by atoms with Gasteiger partial charge in [-0.2, -0.15) is 0 Å². The molecule has 1 heteroatoms. The van der Waals surface area contributed by atoms with Gasteiger partial charge in [-0.3, -0.25) is 4.79 Å². The lowest BCUT2D eigenvalue weighted by Crippen LogP contribution is -2.28. The van der Waals surface area contributed by atoms with Crippen LogP contribution in [-0.2, 0) is 4.79 Å². The molecule has 0 aromatic heterocycles. The van der Waals surface area contributed by atoms with E-state index in [-0.39, 0.29) is 17.1 Å². The van der Waals surface area contributed by atoms with Crippen LogP contribution in [0.3, 0.4) is 0 Å². The van der Waals surface area contributed by atoms with Crippen LogP contribution in [0.25, 0.3) is 0 Å². The number of carbonyl (C=O) groups is 1. The van der Waals surface area contributed by atoms with E-state index in [1.54, 1.807) is 0 Å². The minimum absolute atomic E-state index is 0.111. The first-order valence-corrected chi connectivity index (χ1v) is 6.39. The Hall–Kier alpha value is -0.590. The van der Waals surface area contributed by atoms with Crippen molar-refractivity contribution in [2.45, 2.75) is 61.3 Å². The van der Waals surface area contributed by atoms with Gasteiger partial charge in [0, 0.05) is 5.92 Å². The molecular formula is C15H30O. The molecule has 0 rings (SSSR count). The minimum Gasteiger partial charge on any atom is -0.295 e. The molecule has 0 saturated carbocycles. The monoisotopic (exact) mass is 226 g/mol. The van der Waals surface area contributed by atoms with Crippen LogP contribution in [0.15, 0.2) is 12.7 Å². The lowest BCUT2D eigenvalue weighted by Gasteiger charge is -2.30. The smallest absolute Gasteiger partial charge is 0.158 e. The standard InChI is InChI=1S/C11H20O.C4H10/c1-6-9(10(12)7-2)11(4,5)8-3;1-4(2)3/h7,9H,2,6,8H2,1,3-5H3;4H,1-3H3. The van der Waals surface area contributed by atoms with Gasteiger partial charge < -0.3 is 0 Å². The number of allylic oxidation sites excluding steroid dienone is 1. The van der Waals surface area contributed by atoms with Gasteiger partial charge in [-0.1, -0.05) is 61.5 Å². The quantitative estimate of drug-likeness (QED) is 0.611. The predicted molar refractivity (Wildman–Crippen MR) is 73.6 cm³/mol. The lowest BCUT2D eigenvalue weighted by molar-refractivity contribution is -0.121. The minimum atomic E-state index is 0.111. The first kappa shape index (κ1) is 17.8. The molecule has 0 N–H and O–H groups in total. The summed E-state index contributed by atoms with van der Waals surface area (Å²) in [7, 11) is 0. The number of carbonyl (C=O) groups excluding carboxylic acids is 1. The van der Waals surface area contributed by atoms with Crippen molar-refractivity contribution in [3.63, 3.8) is 0 Å². The average molecular weight is 226 g/mol. The van der Waals surface area contributed by atoms with E-state index in [1.807, 2.05) is 0 Å². The van der Waals surface area contributed by atoms with Crippen LogP contribution in [0, 0.1) is 17.3 Å². The summed E-state index contributed by atoms with van der Waals surface area (Å²) in [4.78, 5) is 11.4.